The Morgan fingerprint density at radius 3 is 2.67 bits per heavy atom. The molecule has 0 unspecified atom stereocenters. The lowest BCUT2D eigenvalue weighted by Gasteiger charge is -2.11. The first kappa shape index (κ1) is 15.7. The van der Waals surface area contributed by atoms with Gasteiger partial charge in [-0.25, -0.2) is 9.78 Å². The number of hydrogen-bond acceptors (Lipinski definition) is 4. The summed E-state index contributed by atoms with van der Waals surface area (Å²) >= 11 is 0. The van der Waals surface area contributed by atoms with E-state index in [0.29, 0.717) is 5.52 Å². The summed E-state index contributed by atoms with van der Waals surface area (Å²) in [6.07, 6.45) is 1.53. The van der Waals surface area contributed by atoms with Crippen LogP contribution in [0, 0.1) is 0 Å². The van der Waals surface area contributed by atoms with Crippen molar-refractivity contribution in [1.82, 2.24) is 4.98 Å². The Morgan fingerprint density at radius 1 is 1.17 bits per heavy atom. The fraction of sp³-hybridized carbons (Fsp3) is 0.100. The lowest BCUT2D eigenvalue weighted by molar-refractivity contribution is 0.0543. The minimum absolute atomic E-state index is 0.155. The summed E-state index contributed by atoms with van der Waals surface area (Å²) in [5.41, 5.74) is 2.89. The molecule has 4 heteroatoms. The summed E-state index contributed by atoms with van der Waals surface area (Å²) in [6, 6.07) is 17.2. The van der Waals surface area contributed by atoms with Crippen LogP contribution in [0.25, 0.3) is 22.0 Å². The number of methoxy groups -OCH3 is 1. The minimum atomic E-state index is -0.468. The second-order valence-corrected chi connectivity index (χ2v) is 5.19. The average molecular weight is 319 g/mol. The third-order valence-electron chi connectivity index (χ3n) is 3.64. The van der Waals surface area contributed by atoms with Crippen molar-refractivity contribution in [2.24, 2.45) is 0 Å². The van der Waals surface area contributed by atoms with Crippen molar-refractivity contribution < 1.29 is 14.3 Å². The predicted octanol–water partition coefficient (Wildman–Crippen LogP) is 4.25. The maximum atomic E-state index is 12.2. The fourth-order valence-corrected chi connectivity index (χ4v) is 2.50. The van der Waals surface area contributed by atoms with Gasteiger partial charge in [0.25, 0.3) is 0 Å². The molecule has 0 spiro atoms. The van der Waals surface area contributed by atoms with E-state index in [4.69, 9.17) is 9.47 Å². The van der Waals surface area contributed by atoms with Crippen LogP contribution in [0.2, 0.25) is 0 Å². The first-order chi connectivity index (χ1) is 11.7. The third-order valence-corrected chi connectivity index (χ3v) is 3.64. The van der Waals surface area contributed by atoms with E-state index >= 15 is 0 Å². The quantitative estimate of drug-likeness (QED) is 0.521. The molecular formula is C20H17NO3. The highest BCUT2D eigenvalue weighted by Gasteiger charge is 2.14. The van der Waals surface area contributed by atoms with Crippen LogP contribution in [0.1, 0.15) is 10.5 Å². The predicted molar refractivity (Wildman–Crippen MR) is 94.2 cm³/mol. The highest BCUT2D eigenvalue weighted by molar-refractivity contribution is 6.00. The van der Waals surface area contributed by atoms with Crippen molar-refractivity contribution >= 4 is 16.9 Å². The molecule has 0 radical (unpaired) electrons. The van der Waals surface area contributed by atoms with Gasteiger partial charge < -0.3 is 9.47 Å². The summed E-state index contributed by atoms with van der Waals surface area (Å²) in [7, 11) is 1.62. The molecule has 1 aromatic heterocycles. The number of fused-ring (bicyclic) bond motifs is 1. The molecule has 24 heavy (non-hydrogen) atoms. The summed E-state index contributed by atoms with van der Waals surface area (Å²) in [6.45, 7) is 3.70. The van der Waals surface area contributed by atoms with Crippen LogP contribution in [0.3, 0.4) is 0 Å². The van der Waals surface area contributed by atoms with Gasteiger partial charge in [-0.15, -0.1) is 0 Å². The van der Waals surface area contributed by atoms with E-state index in [-0.39, 0.29) is 12.3 Å². The fourth-order valence-electron chi connectivity index (χ4n) is 2.50. The molecule has 0 aliphatic rings. The summed E-state index contributed by atoms with van der Waals surface area (Å²) < 4.78 is 10.4. The Balaban J connectivity index is 2.20. The molecule has 0 fully saturated rings. The summed E-state index contributed by atoms with van der Waals surface area (Å²) in [5.74, 6) is 0.272. The van der Waals surface area contributed by atoms with E-state index in [1.165, 1.54) is 6.08 Å². The molecule has 0 bridgehead atoms. The van der Waals surface area contributed by atoms with Gasteiger partial charge in [0.2, 0.25) is 0 Å². The van der Waals surface area contributed by atoms with Crippen LogP contribution in [0.5, 0.6) is 5.75 Å². The van der Waals surface area contributed by atoms with E-state index in [0.717, 1.165) is 22.3 Å². The highest BCUT2D eigenvalue weighted by Crippen LogP contribution is 2.31. The summed E-state index contributed by atoms with van der Waals surface area (Å²) in [4.78, 5) is 16.6. The SMILES string of the molecule is C=CCOC(=O)c1cc(-c2ccccc2)c2cc(OC)ccc2n1. The van der Waals surface area contributed by atoms with Gasteiger partial charge >= 0.3 is 5.97 Å². The second kappa shape index (κ2) is 6.96. The van der Waals surface area contributed by atoms with E-state index in [2.05, 4.69) is 11.6 Å². The Hall–Kier alpha value is -3.14. The Kier molecular flexibility index (Phi) is 4.57. The van der Waals surface area contributed by atoms with Crippen molar-refractivity contribution in [2.45, 2.75) is 0 Å². The topological polar surface area (TPSA) is 48.4 Å². The molecule has 3 rings (SSSR count). The zero-order valence-corrected chi connectivity index (χ0v) is 13.4. The molecule has 0 saturated carbocycles. The van der Waals surface area contributed by atoms with Crippen LogP contribution < -0.4 is 4.74 Å². The molecule has 0 atom stereocenters. The van der Waals surface area contributed by atoms with Crippen molar-refractivity contribution in [3.05, 3.63) is 72.9 Å². The Morgan fingerprint density at radius 2 is 1.96 bits per heavy atom. The third kappa shape index (κ3) is 3.13. The normalized spacial score (nSPS) is 10.4. The van der Waals surface area contributed by atoms with Crippen LogP contribution in [0.15, 0.2) is 67.3 Å². The van der Waals surface area contributed by atoms with Crippen LogP contribution in [0.4, 0.5) is 0 Å². The van der Waals surface area contributed by atoms with Gasteiger partial charge in [0.15, 0.2) is 0 Å². The minimum Gasteiger partial charge on any atom is -0.497 e. The molecule has 120 valence electrons. The van der Waals surface area contributed by atoms with Gasteiger partial charge in [0.05, 0.1) is 12.6 Å². The number of rotatable bonds is 5. The second-order valence-electron chi connectivity index (χ2n) is 5.19. The zero-order chi connectivity index (χ0) is 16.9. The average Bonchev–Trinajstić information content (AvgIpc) is 2.65. The first-order valence-electron chi connectivity index (χ1n) is 7.55. The number of carbonyl (C=O) groups excluding carboxylic acids is 1. The maximum Gasteiger partial charge on any atom is 0.357 e. The van der Waals surface area contributed by atoms with Gasteiger partial charge in [-0.2, -0.15) is 0 Å². The van der Waals surface area contributed by atoms with Crippen molar-refractivity contribution in [3.8, 4) is 16.9 Å². The van der Waals surface area contributed by atoms with Crippen LogP contribution in [-0.2, 0) is 4.74 Å². The van der Waals surface area contributed by atoms with Gasteiger partial charge in [-0.3, -0.25) is 0 Å². The zero-order valence-electron chi connectivity index (χ0n) is 13.4. The molecule has 4 nitrogen and oxygen atoms in total. The number of nitrogens with zero attached hydrogens (tertiary/aromatic N) is 1. The van der Waals surface area contributed by atoms with Crippen LogP contribution in [-0.4, -0.2) is 24.7 Å². The standard InChI is InChI=1S/C20H17NO3/c1-3-11-24-20(22)19-13-16(14-7-5-4-6-8-14)17-12-15(23-2)9-10-18(17)21-19/h3-10,12-13H,1,11H2,2H3. The number of pyridine rings is 1. The van der Waals surface area contributed by atoms with Crippen LogP contribution >= 0.6 is 0 Å². The van der Waals surface area contributed by atoms with Gasteiger partial charge in [-0.1, -0.05) is 43.0 Å². The monoisotopic (exact) mass is 319 g/mol. The van der Waals surface area contributed by atoms with Gasteiger partial charge in [0, 0.05) is 5.39 Å². The summed E-state index contributed by atoms with van der Waals surface area (Å²) in [5, 5.41) is 0.917. The lowest BCUT2D eigenvalue weighted by atomic mass is 10.00. The number of ether oxygens (including phenoxy) is 2. The van der Waals surface area contributed by atoms with Gasteiger partial charge in [-0.05, 0) is 35.4 Å². The number of aromatic nitrogens is 1. The van der Waals surface area contributed by atoms with Crippen molar-refractivity contribution in [1.29, 1.82) is 0 Å². The number of benzene rings is 2. The van der Waals surface area contributed by atoms with E-state index in [1.807, 2.05) is 48.5 Å². The van der Waals surface area contributed by atoms with Gasteiger partial charge in [0.1, 0.15) is 18.1 Å². The van der Waals surface area contributed by atoms with Crippen molar-refractivity contribution in [2.75, 3.05) is 13.7 Å². The molecule has 0 aliphatic heterocycles. The lowest BCUT2D eigenvalue weighted by Crippen LogP contribution is -2.08. The Bertz CT molecular complexity index is 888. The molecule has 1 heterocycles. The molecule has 0 N–H and O–H groups in total. The molecule has 0 saturated heterocycles. The maximum absolute atomic E-state index is 12.2. The van der Waals surface area contributed by atoms with Crippen molar-refractivity contribution in [3.63, 3.8) is 0 Å². The molecular weight excluding hydrogens is 302 g/mol. The van der Waals surface area contributed by atoms with E-state index in [1.54, 1.807) is 13.2 Å². The molecule has 3 aromatic rings. The first-order valence-corrected chi connectivity index (χ1v) is 7.55. The number of hydrogen-bond donors (Lipinski definition) is 0. The molecule has 0 aliphatic carbocycles. The highest BCUT2D eigenvalue weighted by atomic mass is 16.5. The molecule has 2 aromatic carbocycles. The largest absolute Gasteiger partial charge is 0.497 e. The smallest absolute Gasteiger partial charge is 0.357 e. The number of esters is 1. The van der Waals surface area contributed by atoms with E-state index < -0.39 is 5.97 Å². The molecule has 0 amide bonds. The van der Waals surface area contributed by atoms with E-state index in [9.17, 15) is 4.79 Å². The number of carbonyl (C=O) groups is 1. The Labute approximate surface area is 140 Å².